The zero-order valence-corrected chi connectivity index (χ0v) is 45.1. The third-order valence-corrected chi connectivity index (χ3v) is 13.7. The summed E-state index contributed by atoms with van der Waals surface area (Å²) in [6.07, 6.45) is 11.3. The van der Waals surface area contributed by atoms with Gasteiger partial charge in [0.25, 0.3) is 0 Å². The molecular weight excluding hydrogens is 937 g/mol. The predicted octanol–water partition coefficient (Wildman–Crippen LogP) is 15.6. The molecule has 8 aromatic carbocycles. The molecule has 0 radical (unpaired) electrons. The Balaban J connectivity index is 0.895. The van der Waals surface area contributed by atoms with Crippen molar-refractivity contribution < 1.29 is 56.8 Å². The quantitative estimate of drug-likeness (QED) is 0.0329. The van der Waals surface area contributed by atoms with Crippen LogP contribution in [-0.2, 0) is 0 Å². The van der Waals surface area contributed by atoms with Gasteiger partial charge in [0.1, 0.15) is 0 Å². The molecule has 0 bridgehead atoms. The first-order chi connectivity index (χ1) is 36.3. The van der Waals surface area contributed by atoms with Gasteiger partial charge in [-0.3, -0.25) is 0 Å². The molecule has 0 aromatic heterocycles. The number of hydrogen-bond donors (Lipinski definition) is 0. The largest absolute Gasteiger partial charge is 0.493 e. The number of unbranched alkanes of at least 4 members (excludes halogenated alkanes) is 7. The number of rotatable bonds is 29. The Morgan fingerprint density at radius 2 is 0.351 bits per heavy atom. The van der Waals surface area contributed by atoms with Gasteiger partial charge in [-0.25, -0.2) is 0 Å². The number of hydrogen-bond acceptors (Lipinski definition) is 12. The Labute approximate surface area is 435 Å². The minimum Gasteiger partial charge on any atom is -0.493 e. The molecule has 0 N–H and O–H groups in total. The lowest BCUT2D eigenvalue weighted by Crippen LogP contribution is -2.02. The van der Waals surface area contributed by atoms with Crippen LogP contribution in [0.15, 0.2) is 72.8 Å². The monoisotopic (exact) mass is 1010 g/mol. The maximum atomic E-state index is 6.52. The number of fused-ring (bicyclic) bond motifs is 12. The molecule has 0 amide bonds. The van der Waals surface area contributed by atoms with E-state index in [9.17, 15) is 0 Å². The van der Waals surface area contributed by atoms with Crippen LogP contribution in [0, 0.1) is 0 Å². The van der Waals surface area contributed by atoms with Gasteiger partial charge in [0.2, 0.25) is 0 Å². The standard InChI is InChI=1S/C62H74O12/c1-11-22-70-58-34-46-43(31-55(58)67-8)39-27-51(63-4)52(64-5)28-40(39)44-32-56(68-9)59(35-47(44)46)73-25-20-18-16-14-15-17-19-21-26-74-60-36-48-45(33-57(60)69-10)41-29-53(65-6)54(66-7)30-42(41)49-37-61(71-23-12-2)62(38-50(48)49)72-24-13-3/h27-38H,11-26H2,1-10H3. The van der Waals surface area contributed by atoms with E-state index < -0.39 is 0 Å². The Morgan fingerprint density at radius 1 is 0.203 bits per heavy atom. The van der Waals surface area contributed by atoms with Crippen molar-refractivity contribution in [1.82, 2.24) is 0 Å². The summed E-state index contributed by atoms with van der Waals surface area (Å²) in [5.74, 6) is 8.20. The third-order valence-electron chi connectivity index (χ3n) is 13.7. The predicted molar refractivity (Wildman–Crippen MR) is 299 cm³/mol. The summed E-state index contributed by atoms with van der Waals surface area (Å²) >= 11 is 0. The first-order valence-electron chi connectivity index (χ1n) is 26.3. The van der Waals surface area contributed by atoms with Crippen molar-refractivity contribution in [1.29, 1.82) is 0 Å². The molecule has 74 heavy (non-hydrogen) atoms. The van der Waals surface area contributed by atoms with E-state index in [1.165, 1.54) is 12.8 Å². The van der Waals surface area contributed by atoms with Crippen LogP contribution < -0.4 is 56.8 Å². The summed E-state index contributed by atoms with van der Waals surface area (Å²) < 4.78 is 72.6. The van der Waals surface area contributed by atoms with Crippen molar-refractivity contribution in [2.75, 3.05) is 82.8 Å². The molecule has 0 aliphatic carbocycles. The fourth-order valence-corrected chi connectivity index (χ4v) is 9.98. The van der Waals surface area contributed by atoms with Gasteiger partial charge >= 0.3 is 0 Å². The van der Waals surface area contributed by atoms with Crippen LogP contribution in [0.3, 0.4) is 0 Å². The van der Waals surface area contributed by atoms with Crippen molar-refractivity contribution >= 4 is 64.6 Å². The summed E-state index contributed by atoms with van der Waals surface area (Å²) in [6, 6.07) is 24.8. The van der Waals surface area contributed by atoms with Gasteiger partial charge < -0.3 is 56.8 Å². The summed E-state index contributed by atoms with van der Waals surface area (Å²) in [7, 11) is 11.7. The van der Waals surface area contributed by atoms with Crippen LogP contribution in [0.1, 0.15) is 91.4 Å². The molecule has 12 nitrogen and oxygen atoms in total. The van der Waals surface area contributed by atoms with E-state index in [1.807, 2.05) is 24.3 Å². The highest BCUT2D eigenvalue weighted by Crippen LogP contribution is 2.49. The molecule has 0 aliphatic rings. The average Bonchev–Trinajstić information content (AvgIpc) is 3.45. The number of benzene rings is 8. The Morgan fingerprint density at radius 3 is 0.541 bits per heavy atom. The molecule has 0 saturated heterocycles. The fourth-order valence-electron chi connectivity index (χ4n) is 9.98. The van der Waals surface area contributed by atoms with Gasteiger partial charge in [0.15, 0.2) is 69.0 Å². The van der Waals surface area contributed by atoms with E-state index in [0.717, 1.165) is 134 Å². The van der Waals surface area contributed by atoms with E-state index in [1.54, 1.807) is 49.8 Å². The van der Waals surface area contributed by atoms with Crippen LogP contribution in [0.25, 0.3) is 64.6 Å². The summed E-state index contributed by atoms with van der Waals surface area (Å²) in [5, 5.41) is 12.2. The zero-order valence-electron chi connectivity index (χ0n) is 45.1. The molecule has 394 valence electrons. The van der Waals surface area contributed by atoms with Crippen LogP contribution >= 0.6 is 0 Å². The lowest BCUT2D eigenvalue weighted by Gasteiger charge is -2.19. The van der Waals surface area contributed by atoms with Crippen molar-refractivity contribution in [2.24, 2.45) is 0 Å². The Hall–Kier alpha value is -7.08. The van der Waals surface area contributed by atoms with Crippen LogP contribution in [-0.4, -0.2) is 82.8 Å². The van der Waals surface area contributed by atoms with E-state index in [4.69, 9.17) is 56.8 Å². The van der Waals surface area contributed by atoms with E-state index in [0.29, 0.717) is 90.5 Å². The molecule has 0 spiro atoms. The molecule has 0 heterocycles. The number of ether oxygens (including phenoxy) is 12. The smallest absolute Gasteiger partial charge is 0.161 e. The average molecular weight is 1010 g/mol. The van der Waals surface area contributed by atoms with Crippen LogP contribution in [0.2, 0.25) is 0 Å². The molecule has 0 unspecified atom stereocenters. The maximum absolute atomic E-state index is 6.52. The van der Waals surface area contributed by atoms with Gasteiger partial charge in [0, 0.05) is 0 Å². The Kier molecular flexibility index (Phi) is 18.2. The molecule has 0 atom stereocenters. The lowest BCUT2D eigenvalue weighted by molar-refractivity contribution is 0.269. The second kappa shape index (κ2) is 25.2. The normalized spacial score (nSPS) is 11.4. The van der Waals surface area contributed by atoms with Gasteiger partial charge in [0.05, 0.1) is 82.8 Å². The minimum atomic E-state index is 0.581. The molecule has 0 fully saturated rings. The van der Waals surface area contributed by atoms with E-state index in [-0.39, 0.29) is 0 Å². The Bertz CT molecular complexity index is 3220. The number of methoxy groups -OCH3 is 7. The van der Waals surface area contributed by atoms with Crippen molar-refractivity contribution in [3.05, 3.63) is 72.8 Å². The van der Waals surface area contributed by atoms with Crippen LogP contribution in [0.4, 0.5) is 0 Å². The summed E-state index contributed by atoms with van der Waals surface area (Å²) in [6.45, 7) is 9.23. The highest BCUT2D eigenvalue weighted by molar-refractivity contribution is 6.28. The second-order valence-corrected chi connectivity index (χ2v) is 18.6. The molecule has 12 heteroatoms. The van der Waals surface area contributed by atoms with Gasteiger partial charge in [-0.2, -0.15) is 0 Å². The van der Waals surface area contributed by atoms with Crippen molar-refractivity contribution in [3.63, 3.8) is 0 Å². The summed E-state index contributed by atoms with van der Waals surface area (Å²) in [5.41, 5.74) is 0. The van der Waals surface area contributed by atoms with E-state index >= 15 is 0 Å². The van der Waals surface area contributed by atoms with Gasteiger partial charge in [-0.15, -0.1) is 0 Å². The lowest BCUT2D eigenvalue weighted by atomic mass is 9.93. The highest BCUT2D eigenvalue weighted by atomic mass is 16.5. The second-order valence-electron chi connectivity index (χ2n) is 18.6. The molecule has 0 aliphatic heterocycles. The first kappa shape index (κ1) is 53.2. The van der Waals surface area contributed by atoms with E-state index in [2.05, 4.69) is 69.3 Å². The SMILES string of the molecule is CCCOc1cc2c(cc1OC)c1cc(OC)c(OC)cc1c1cc(OC)c(OCCCCCCCCCCOc3cc4c(cc3OC)c3cc(OC)c(OC)cc3c3cc(OCCC)c(OCCC)cc43)cc12. The van der Waals surface area contributed by atoms with Crippen molar-refractivity contribution in [2.45, 2.75) is 91.4 Å². The maximum Gasteiger partial charge on any atom is 0.161 e. The van der Waals surface area contributed by atoms with Gasteiger partial charge in [-0.1, -0.05) is 59.3 Å². The zero-order chi connectivity index (χ0) is 52.1. The molecule has 8 rings (SSSR count). The minimum absolute atomic E-state index is 0.581. The highest BCUT2D eigenvalue weighted by Gasteiger charge is 2.22. The fraction of sp³-hybridized carbons (Fsp3) is 0.419. The molecule has 0 saturated carbocycles. The third kappa shape index (κ3) is 11.2. The summed E-state index contributed by atoms with van der Waals surface area (Å²) in [4.78, 5) is 0. The van der Waals surface area contributed by atoms with Gasteiger partial charge in [-0.05, 0) is 170 Å². The first-order valence-corrected chi connectivity index (χ1v) is 26.3. The topological polar surface area (TPSA) is 111 Å². The molecule has 8 aromatic rings. The molecular formula is C62H74O12. The van der Waals surface area contributed by atoms with Crippen molar-refractivity contribution in [3.8, 4) is 69.0 Å². The van der Waals surface area contributed by atoms with Crippen LogP contribution in [0.5, 0.6) is 69.0 Å².